The van der Waals surface area contributed by atoms with Gasteiger partial charge in [0.05, 0.1) is 17.5 Å². The van der Waals surface area contributed by atoms with Crippen LogP contribution in [0.5, 0.6) is 5.75 Å². The smallest absolute Gasteiger partial charge is 0.241 e. The number of aromatic hydroxyl groups is 1. The van der Waals surface area contributed by atoms with Crippen molar-refractivity contribution in [1.82, 2.24) is 14.8 Å². The van der Waals surface area contributed by atoms with Crippen LogP contribution in [0.3, 0.4) is 0 Å². The summed E-state index contributed by atoms with van der Waals surface area (Å²) in [5, 5.41) is 13.3. The number of hydrogen-bond donors (Lipinski definition) is 1. The van der Waals surface area contributed by atoms with Gasteiger partial charge in [-0.15, -0.1) is 0 Å². The minimum absolute atomic E-state index is 0.175. The molecule has 2 aliphatic heterocycles. The third-order valence-electron chi connectivity index (χ3n) is 7.05. The molecule has 0 aliphatic carbocycles. The molecule has 1 saturated heterocycles. The van der Waals surface area contributed by atoms with Crippen LogP contribution in [-0.2, 0) is 14.8 Å². The summed E-state index contributed by atoms with van der Waals surface area (Å²) in [5.74, 6) is 0.175. The number of para-hydroxylation sites is 1. The number of anilines is 1. The third kappa shape index (κ3) is 4.00. The molecule has 3 atom stereocenters. The van der Waals surface area contributed by atoms with Gasteiger partial charge in [-0.25, -0.2) is 18.1 Å². The Morgan fingerprint density at radius 2 is 1.65 bits per heavy atom. The number of fused-ring (bicyclic) bond motifs is 2. The minimum Gasteiger partial charge on any atom is -0.508 e. The van der Waals surface area contributed by atoms with Crippen LogP contribution in [0.25, 0.3) is 16.8 Å². The quantitative estimate of drug-likeness (QED) is 0.395. The lowest BCUT2D eigenvalue weighted by Crippen LogP contribution is -2.43. The number of nitrogens with zero attached hydrogens (tertiary/aromatic N) is 4. The topological polar surface area (TPSA) is 97.6 Å². The molecule has 37 heavy (non-hydrogen) atoms. The second-order valence-electron chi connectivity index (χ2n) is 9.13. The molecule has 1 aromatic heterocycles. The fourth-order valence-electron chi connectivity index (χ4n) is 5.40. The number of hydrogen-bond acceptors (Lipinski definition) is 6. The van der Waals surface area contributed by atoms with E-state index < -0.39 is 21.4 Å². The Hall–Kier alpha value is -3.95. The van der Waals surface area contributed by atoms with Gasteiger partial charge in [0.2, 0.25) is 10.0 Å². The Bertz CT molecular complexity index is 1530. The summed E-state index contributed by atoms with van der Waals surface area (Å²) in [6, 6.07) is 24.0. The van der Waals surface area contributed by atoms with E-state index in [1.807, 2.05) is 73.7 Å². The average molecular weight is 515 g/mol. The lowest BCUT2D eigenvalue weighted by Gasteiger charge is -2.31. The molecule has 3 aromatic carbocycles. The van der Waals surface area contributed by atoms with E-state index in [9.17, 15) is 13.5 Å². The number of phenolic OH excluding ortho intramolecular Hbond substituents is 1. The fraction of sp³-hybridized carbons (Fsp3) is 0.214. The molecule has 4 aromatic rings. The zero-order valence-corrected chi connectivity index (χ0v) is 21.0. The molecule has 188 valence electrons. The molecule has 6 rings (SSSR count). The SMILES string of the molecule is CCN(c1ccccc1)S(=O)(=O)C1CC2OC1C(c1ccc(-n3cncn3)cc1)=C2c1ccc(O)cc1. The second kappa shape index (κ2) is 9.17. The zero-order valence-electron chi connectivity index (χ0n) is 20.2. The number of benzene rings is 3. The highest BCUT2D eigenvalue weighted by Crippen LogP contribution is 2.51. The molecule has 2 bridgehead atoms. The van der Waals surface area contributed by atoms with Crippen molar-refractivity contribution in [1.29, 1.82) is 0 Å². The third-order valence-corrected chi connectivity index (χ3v) is 9.34. The molecule has 8 nitrogen and oxygen atoms in total. The van der Waals surface area contributed by atoms with Crippen LogP contribution < -0.4 is 4.31 Å². The van der Waals surface area contributed by atoms with Gasteiger partial charge in [0.15, 0.2) is 0 Å². The van der Waals surface area contributed by atoms with Crippen LogP contribution in [0.1, 0.15) is 24.5 Å². The minimum atomic E-state index is -3.72. The molecule has 1 fully saturated rings. The summed E-state index contributed by atoms with van der Waals surface area (Å²) >= 11 is 0. The lowest BCUT2D eigenvalue weighted by atomic mass is 9.83. The summed E-state index contributed by atoms with van der Waals surface area (Å²) in [4.78, 5) is 4.01. The summed E-state index contributed by atoms with van der Waals surface area (Å²) in [7, 11) is -3.72. The molecule has 0 saturated carbocycles. The van der Waals surface area contributed by atoms with Crippen LogP contribution in [0.4, 0.5) is 5.69 Å². The summed E-state index contributed by atoms with van der Waals surface area (Å²) < 4.78 is 37.5. The zero-order chi connectivity index (χ0) is 25.6. The number of ether oxygens (including phenoxy) is 1. The van der Waals surface area contributed by atoms with Gasteiger partial charge in [-0.2, -0.15) is 5.10 Å². The average Bonchev–Trinajstić information content (AvgIpc) is 3.67. The van der Waals surface area contributed by atoms with Crippen LogP contribution >= 0.6 is 0 Å². The van der Waals surface area contributed by atoms with Gasteiger partial charge < -0.3 is 9.84 Å². The van der Waals surface area contributed by atoms with Crippen LogP contribution in [0, 0.1) is 0 Å². The van der Waals surface area contributed by atoms with E-state index in [0.29, 0.717) is 18.7 Å². The van der Waals surface area contributed by atoms with E-state index in [-0.39, 0.29) is 11.9 Å². The maximum atomic E-state index is 14.0. The first-order valence-corrected chi connectivity index (χ1v) is 13.7. The van der Waals surface area contributed by atoms with Crippen LogP contribution in [0.15, 0.2) is 91.5 Å². The summed E-state index contributed by atoms with van der Waals surface area (Å²) in [6.07, 6.45) is 2.49. The maximum Gasteiger partial charge on any atom is 0.241 e. The van der Waals surface area contributed by atoms with E-state index in [1.54, 1.807) is 23.1 Å². The molecule has 3 heterocycles. The largest absolute Gasteiger partial charge is 0.508 e. The van der Waals surface area contributed by atoms with Gasteiger partial charge in [0.1, 0.15) is 29.8 Å². The standard InChI is InChI=1S/C28H26N4O4S/c1-2-32(22-6-4-3-5-7-22)37(34,35)25-16-24-26(19-10-14-23(33)15-11-19)27(28(25)36-24)20-8-12-21(13-9-20)31-18-29-17-30-31/h3-15,17-18,24-25,28,33H,2,16H2,1H3. The van der Waals surface area contributed by atoms with E-state index >= 15 is 0 Å². The number of rotatable bonds is 7. The van der Waals surface area contributed by atoms with E-state index in [2.05, 4.69) is 10.1 Å². The lowest BCUT2D eigenvalue weighted by molar-refractivity contribution is 0.128. The first-order valence-electron chi connectivity index (χ1n) is 12.2. The monoisotopic (exact) mass is 514 g/mol. The molecular weight excluding hydrogens is 488 g/mol. The summed E-state index contributed by atoms with van der Waals surface area (Å²) in [6.45, 7) is 2.18. The van der Waals surface area contributed by atoms with E-state index in [1.165, 1.54) is 10.6 Å². The van der Waals surface area contributed by atoms with Gasteiger partial charge in [-0.3, -0.25) is 4.31 Å². The maximum absolute atomic E-state index is 14.0. The molecule has 0 spiro atoms. The molecule has 9 heteroatoms. The van der Waals surface area contributed by atoms with Crippen molar-refractivity contribution in [3.05, 3.63) is 103 Å². The van der Waals surface area contributed by atoms with Crippen molar-refractivity contribution in [3.8, 4) is 11.4 Å². The van der Waals surface area contributed by atoms with Crippen LogP contribution in [-0.4, -0.2) is 52.3 Å². The van der Waals surface area contributed by atoms with Gasteiger partial charge >= 0.3 is 0 Å². The first kappa shape index (κ1) is 23.4. The first-order chi connectivity index (χ1) is 18.0. The van der Waals surface area contributed by atoms with Crippen molar-refractivity contribution in [2.75, 3.05) is 10.8 Å². The fourth-order valence-corrected chi connectivity index (χ4v) is 7.44. The molecule has 1 N–H and O–H groups in total. The Labute approximate surface area is 215 Å². The van der Waals surface area contributed by atoms with E-state index in [4.69, 9.17) is 4.74 Å². The van der Waals surface area contributed by atoms with Crippen molar-refractivity contribution >= 4 is 26.9 Å². The summed E-state index contributed by atoms with van der Waals surface area (Å²) in [5.41, 5.74) is 5.13. The highest BCUT2D eigenvalue weighted by atomic mass is 32.2. The molecule has 3 unspecified atom stereocenters. The number of aromatic nitrogens is 3. The number of sulfonamides is 1. The Balaban J connectivity index is 1.44. The van der Waals surface area contributed by atoms with E-state index in [0.717, 1.165) is 28.0 Å². The molecule has 2 aliphatic rings. The van der Waals surface area contributed by atoms with Crippen molar-refractivity contribution in [2.24, 2.45) is 0 Å². The molecule has 0 amide bonds. The van der Waals surface area contributed by atoms with Gasteiger partial charge in [0, 0.05) is 6.54 Å². The molecular formula is C28H26N4O4S. The predicted molar refractivity (Wildman–Crippen MR) is 142 cm³/mol. The normalized spacial score (nSPS) is 20.9. The van der Waals surface area contributed by atoms with Crippen molar-refractivity contribution in [2.45, 2.75) is 30.8 Å². The van der Waals surface area contributed by atoms with Crippen LogP contribution in [0.2, 0.25) is 0 Å². The highest BCUT2D eigenvalue weighted by molar-refractivity contribution is 7.93. The number of phenols is 1. The Kier molecular flexibility index (Phi) is 5.81. The van der Waals surface area contributed by atoms with Gasteiger partial charge in [-0.05, 0) is 72.0 Å². The van der Waals surface area contributed by atoms with Crippen molar-refractivity contribution in [3.63, 3.8) is 0 Å². The Morgan fingerprint density at radius 1 is 0.973 bits per heavy atom. The molecule has 0 radical (unpaired) electrons. The predicted octanol–water partition coefficient (Wildman–Crippen LogP) is 4.28. The van der Waals surface area contributed by atoms with Crippen molar-refractivity contribution < 1.29 is 18.3 Å². The van der Waals surface area contributed by atoms with Gasteiger partial charge in [0.25, 0.3) is 0 Å². The second-order valence-corrected chi connectivity index (χ2v) is 11.2. The van der Waals surface area contributed by atoms with Gasteiger partial charge in [-0.1, -0.05) is 42.5 Å². The highest BCUT2D eigenvalue weighted by Gasteiger charge is 2.54. The Morgan fingerprint density at radius 3 is 2.30 bits per heavy atom.